The van der Waals surface area contributed by atoms with Crippen LogP contribution >= 0.6 is 0 Å². The lowest BCUT2D eigenvalue weighted by atomic mass is 10.1. The van der Waals surface area contributed by atoms with E-state index in [-0.39, 0.29) is 17.6 Å². The molecule has 2 amide bonds. The fourth-order valence-corrected chi connectivity index (χ4v) is 3.89. The molecule has 0 saturated heterocycles. The number of nitrogens with zero attached hydrogens (tertiary/aromatic N) is 3. The Morgan fingerprint density at radius 2 is 1.77 bits per heavy atom. The van der Waals surface area contributed by atoms with Gasteiger partial charge in [0.2, 0.25) is 5.91 Å². The molecule has 0 aliphatic heterocycles. The number of carbonyl (C=O) groups is 2. The maximum atomic E-state index is 12.6. The lowest BCUT2D eigenvalue weighted by molar-refractivity contribution is -0.119. The lowest BCUT2D eigenvalue weighted by Gasteiger charge is -2.12. The van der Waals surface area contributed by atoms with E-state index in [2.05, 4.69) is 30.7 Å². The number of benzene rings is 2. The molecule has 39 heavy (non-hydrogen) atoms. The minimum absolute atomic E-state index is 0.0751. The Bertz CT molecular complexity index is 1440. The molecule has 3 N–H and O–H groups in total. The van der Waals surface area contributed by atoms with Gasteiger partial charge in [-0.05, 0) is 55.0 Å². The Hall–Kier alpha value is -4.58. The van der Waals surface area contributed by atoms with Crippen LogP contribution in [0.4, 0.5) is 20.3 Å². The second kappa shape index (κ2) is 12.8. The number of hydrogen-bond donors (Lipinski definition) is 3. The number of amides is 2. The van der Waals surface area contributed by atoms with Crippen molar-refractivity contribution >= 4 is 29.0 Å². The molecule has 0 radical (unpaired) electrons. The molecule has 4 aromatic rings. The first-order valence-corrected chi connectivity index (χ1v) is 12.2. The number of fused-ring (bicyclic) bond motifs is 1. The molecule has 0 unspecified atom stereocenters. The van der Waals surface area contributed by atoms with Crippen LogP contribution in [-0.2, 0) is 9.53 Å². The molecular formula is C27H28F2N6O4. The first kappa shape index (κ1) is 27.5. The van der Waals surface area contributed by atoms with E-state index in [4.69, 9.17) is 4.74 Å². The van der Waals surface area contributed by atoms with Crippen molar-refractivity contribution in [3.63, 3.8) is 0 Å². The van der Waals surface area contributed by atoms with Crippen LogP contribution in [0.25, 0.3) is 16.9 Å². The first-order valence-electron chi connectivity index (χ1n) is 12.2. The minimum Gasteiger partial charge on any atom is -0.435 e. The van der Waals surface area contributed by atoms with Crippen LogP contribution in [-0.4, -0.2) is 59.1 Å². The molecule has 12 heteroatoms. The number of alkyl halides is 2. The van der Waals surface area contributed by atoms with Crippen LogP contribution in [0.1, 0.15) is 22.8 Å². The third kappa shape index (κ3) is 7.26. The predicted octanol–water partition coefficient (Wildman–Crippen LogP) is 3.93. The Labute approximate surface area is 223 Å². The number of aromatic nitrogens is 3. The van der Waals surface area contributed by atoms with Crippen molar-refractivity contribution < 1.29 is 27.8 Å². The van der Waals surface area contributed by atoms with Gasteiger partial charge in [-0.15, -0.1) is 0 Å². The van der Waals surface area contributed by atoms with Crippen molar-refractivity contribution in [1.82, 2.24) is 25.0 Å². The van der Waals surface area contributed by atoms with E-state index in [0.29, 0.717) is 43.3 Å². The summed E-state index contributed by atoms with van der Waals surface area (Å²) in [6.07, 6.45) is 5.06. The van der Waals surface area contributed by atoms with E-state index in [9.17, 15) is 18.4 Å². The van der Waals surface area contributed by atoms with Crippen molar-refractivity contribution in [3.8, 4) is 17.0 Å². The van der Waals surface area contributed by atoms with Crippen LogP contribution in [0.15, 0.2) is 61.1 Å². The zero-order valence-corrected chi connectivity index (χ0v) is 21.4. The van der Waals surface area contributed by atoms with Crippen molar-refractivity contribution in [3.05, 3.63) is 72.2 Å². The van der Waals surface area contributed by atoms with E-state index in [0.717, 1.165) is 22.5 Å². The smallest absolute Gasteiger partial charge is 0.387 e. The molecule has 2 aromatic heterocycles. The number of halogens is 2. The SMILES string of the molecule is CC(=O)NCCOCCNC(=O)c1ccc(Nc2nccn3c(-c4ccc(OC(F)F)cc4)cnc23)cc1C. The van der Waals surface area contributed by atoms with Crippen LogP contribution < -0.4 is 20.7 Å². The van der Waals surface area contributed by atoms with Gasteiger partial charge in [-0.3, -0.25) is 14.0 Å². The number of ether oxygens (including phenoxy) is 2. The number of carbonyl (C=O) groups excluding carboxylic acids is 2. The van der Waals surface area contributed by atoms with E-state index in [1.165, 1.54) is 19.1 Å². The molecule has 0 aliphatic rings. The van der Waals surface area contributed by atoms with Crippen LogP contribution in [0.5, 0.6) is 5.75 Å². The van der Waals surface area contributed by atoms with E-state index < -0.39 is 6.61 Å². The normalized spacial score (nSPS) is 11.0. The molecule has 2 heterocycles. The van der Waals surface area contributed by atoms with E-state index in [1.54, 1.807) is 42.9 Å². The van der Waals surface area contributed by atoms with E-state index in [1.807, 2.05) is 17.4 Å². The number of imidazole rings is 1. The number of rotatable bonds is 12. The molecule has 0 fully saturated rings. The Morgan fingerprint density at radius 3 is 2.46 bits per heavy atom. The van der Waals surface area contributed by atoms with Crippen molar-refractivity contribution in [1.29, 1.82) is 0 Å². The monoisotopic (exact) mass is 538 g/mol. The van der Waals surface area contributed by atoms with Crippen LogP contribution in [0.3, 0.4) is 0 Å². The summed E-state index contributed by atoms with van der Waals surface area (Å²) in [5.41, 5.74) is 4.12. The highest BCUT2D eigenvalue weighted by Gasteiger charge is 2.13. The summed E-state index contributed by atoms with van der Waals surface area (Å²) < 4.78 is 36.5. The summed E-state index contributed by atoms with van der Waals surface area (Å²) in [5, 5.41) is 8.71. The number of nitrogens with one attached hydrogen (secondary N) is 3. The molecular weight excluding hydrogens is 510 g/mol. The summed E-state index contributed by atoms with van der Waals surface area (Å²) in [6.45, 7) is 1.86. The largest absolute Gasteiger partial charge is 0.435 e. The average Bonchev–Trinajstić information content (AvgIpc) is 3.33. The summed E-state index contributed by atoms with van der Waals surface area (Å²) in [5.74, 6) is 0.253. The lowest BCUT2D eigenvalue weighted by Crippen LogP contribution is -2.29. The fraction of sp³-hybridized carbons (Fsp3) is 0.259. The Kier molecular flexibility index (Phi) is 9.00. The third-order valence-electron chi connectivity index (χ3n) is 5.69. The van der Waals surface area contributed by atoms with Crippen LogP contribution in [0, 0.1) is 6.92 Å². The van der Waals surface area contributed by atoms with Gasteiger partial charge in [-0.25, -0.2) is 9.97 Å². The maximum Gasteiger partial charge on any atom is 0.387 e. The summed E-state index contributed by atoms with van der Waals surface area (Å²) in [4.78, 5) is 32.3. The molecule has 0 spiro atoms. The van der Waals surface area contributed by atoms with Crippen molar-refractivity contribution in [2.75, 3.05) is 31.6 Å². The maximum absolute atomic E-state index is 12.6. The molecule has 0 bridgehead atoms. The summed E-state index contributed by atoms with van der Waals surface area (Å²) in [6, 6.07) is 11.7. The van der Waals surface area contributed by atoms with Gasteiger partial charge in [-0.2, -0.15) is 8.78 Å². The van der Waals surface area contributed by atoms with Gasteiger partial charge in [0.15, 0.2) is 11.5 Å². The highest BCUT2D eigenvalue weighted by molar-refractivity contribution is 5.96. The molecule has 4 rings (SSSR count). The molecule has 204 valence electrons. The van der Waals surface area contributed by atoms with Gasteiger partial charge in [-0.1, -0.05) is 0 Å². The number of anilines is 2. The number of aryl methyl sites for hydroxylation is 1. The summed E-state index contributed by atoms with van der Waals surface area (Å²) >= 11 is 0. The standard InChI is InChI=1S/C27H28F2N6O4/c1-17-15-20(5-8-22(17)26(37)32-11-14-38-13-10-30-18(2)36)34-24-25-33-16-23(35(25)12-9-31-24)19-3-6-21(7-4-19)39-27(28)29/h3-9,12,15-16,27H,10-11,13-14H2,1-2H3,(H,30,36)(H,31,34)(H,32,37). The second-order valence-electron chi connectivity index (χ2n) is 8.52. The molecule has 10 nitrogen and oxygen atoms in total. The Morgan fingerprint density at radius 1 is 1.03 bits per heavy atom. The first-order chi connectivity index (χ1) is 18.8. The van der Waals surface area contributed by atoms with Gasteiger partial charge < -0.3 is 25.4 Å². The fourth-order valence-electron chi connectivity index (χ4n) is 3.89. The quantitative estimate of drug-likeness (QED) is 0.234. The van der Waals surface area contributed by atoms with Gasteiger partial charge >= 0.3 is 6.61 Å². The second-order valence-corrected chi connectivity index (χ2v) is 8.52. The molecule has 0 aliphatic carbocycles. The highest BCUT2D eigenvalue weighted by Crippen LogP contribution is 2.27. The Balaban J connectivity index is 1.39. The van der Waals surface area contributed by atoms with Gasteiger partial charge in [0.25, 0.3) is 5.91 Å². The topological polar surface area (TPSA) is 119 Å². The average molecular weight is 539 g/mol. The zero-order valence-electron chi connectivity index (χ0n) is 21.4. The minimum atomic E-state index is -2.88. The number of hydrogen-bond acceptors (Lipinski definition) is 7. The van der Waals surface area contributed by atoms with Crippen molar-refractivity contribution in [2.45, 2.75) is 20.5 Å². The van der Waals surface area contributed by atoms with Gasteiger partial charge in [0, 0.05) is 49.2 Å². The predicted molar refractivity (Wildman–Crippen MR) is 141 cm³/mol. The zero-order chi connectivity index (χ0) is 27.8. The molecule has 2 aromatic carbocycles. The van der Waals surface area contributed by atoms with E-state index >= 15 is 0 Å². The van der Waals surface area contributed by atoms with Gasteiger partial charge in [0.05, 0.1) is 25.1 Å². The van der Waals surface area contributed by atoms with Gasteiger partial charge in [0.1, 0.15) is 5.75 Å². The third-order valence-corrected chi connectivity index (χ3v) is 5.69. The van der Waals surface area contributed by atoms with Crippen LogP contribution in [0.2, 0.25) is 0 Å². The summed E-state index contributed by atoms with van der Waals surface area (Å²) in [7, 11) is 0. The van der Waals surface area contributed by atoms with Crippen molar-refractivity contribution in [2.24, 2.45) is 0 Å². The molecule has 0 saturated carbocycles. The molecule has 0 atom stereocenters. The highest BCUT2D eigenvalue weighted by atomic mass is 19.3.